The molecule has 0 radical (unpaired) electrons. The second-order valence-corrected chi connectivity index (χ2v) is 7.78. The van der Waals surface area contributed by atoms with Crippen LogP contribution >= 0.6 is 0 Å². The zero-order chi connectivity index (χ0) is 18.1. The Kier molecular flexibility index (Phi) is 4.81. The van der Waals surface area contributed by atoms with Crippen LogP contribution in [-0.2, 0) is 0 Å². The average Bonchev–Trinajstić information content (AvgIpc) is 3.31. The van der Waals surface area contributed by atoms with Crippen LogP contribution in [0, 0.1) is 0 Å². The summed E-state index contributed by atoms with van der Waals surface area (Å²) >= 11 is 0. The van der Waals surface area contributed by atoms with Crippen LogP contribution in [-0.4, -0.2) is 43.7 Å². The lowest BCUT2D eigenvalue weighted by Gasteiger charge is -2.38. The van der Waals surface area contributed by atoms with Gasteiger partial charge in [0.2, 0.25) is 0 Å². The van der Waals surface area contributed by atoms with E-state index >= 15 is 0 Å². The third-order valence-electron chi connectivity index (χ3n) is 6.03. The van der Waals surface area contributed by atoms with Gasteiger partial charge in [0.25, 0.3) is 0 Å². The molecule has 5 nitrogen and oxygen atoms in total. The Morgan fingerprint density at radius 1 is 1.15 bits per heavy atom. The lowest BCUT2D eigenvalue weighted by Crippen LogP contribution is -2.42. The molecule has 0 unspecified atom stereocenters. The van der Waals surface area contributed by atoms with E-state index < -0.39 is 0 Å². The number of aromatic nitrogens is 4. The zero-order valence-corrected chi connectivity index (χ0v) is 16.0. The number of hydrogen-bond acceptors (Lipinski definition) is 3. The van der Waals surface area contributed by atoms with Gasteiger partial charge in [-0.25, -0.2) is 4.98 Å². The highest BCUT2D eigenvalue weighted by Crippen LogP contribution is 2.37. The molecule has 3 aromatic rings. The van der Waals surface area contributed by atoms with Gasteiger partial charge in [0.15, 0.2) is 0 Å². The van der Waals surface area contributed by atoms with Gasteiger partial charge >= 0.3 is 0 Å². The Bertz CT molecular complexity index is 841. The SMILES string of the molecule is CCN(C(C)C)C1CCC(c2cnc3[nH]cc(-c4cn[nH]c4)c3c2)CC1. The third-order valence-corrected chi connectivity index (χ3v) is 6.03. The molecule has 0 atom stereocenters. The van der Waals surface area contributed by atoms with Crippen LogP contribution < -0.4 is 0 Å². The molecule has 0 amide bonds. The van der Waals surface area contributed by atoms with E-state index in [2.05, 4.69) is 58.1 Å². The van der Waals surface area contributed by atoms with Crippen molar-refractivity contribution in [2.45, 2.75) is 64.5 Å². The first kappa shape index (κ1) is 17.3. The number of fused-ring (bicyclic) bond motifs is 1. The fourth-order valence-electron chi connectivity index (χ4n) is 4.67. The third kappa shape index (κ3) is 3.16. The van der Waals surface area contributed by atoms with Gasteiger partial charge in [0, 0.05) is 47.2 Å². The molecular formula is C21H29N5. The molecule has 2 N–H and O–H groups in total. The fraction of sp³-hybridized carbons (Fsp3) is 0.524. The Balaban J connectivity index is 1.54. The number of rotatable bonds is 5. The normalized spacial score (nSPS) is 21.1. The summed E-state index contributed by atoms with van der Waals surface area (Å²) < 4.78 is 0. The van der Waals surface area contributed by atoms with E-state index in [0.29, 0.717) is 12.0 Å². The van der Waals surface area contributed by atoms with Crippen LogP contribution in [0.25, 0.3) is 22.2 Å². The summed E-state index contributed by atoms with van der Waals surface area (Å²) in [6.07, 6.45) is 13.0. The highest BCUT2D eigenvalue weighted by atomic mass is 15.2. The van der Waals surface area contributed by atoms with Crippen LogP contribution in [0.2, 0.25) is 0 Å². The Labute approximate surface area is 155 Å². The molecule has 1 aliphatic carbocycles. The summed E-state index contributed by atoms with van der Waals surface area (Å²) in [6.45, 7) is 8.07. The van der Waals surface area contributed by atoms with Crippen molar-refractivity contribution in [2.24, 2.45) is 0 Å². The summed E-state index contributed by atoms with van der Waals surface area (Å²) in [6, 6.07) is 3.71. The standard InChI is InChI=1S/C21H29N5/c1-4-26(14(2)3)18-7-5-15(6-8-18)16-9-19-20(17-11-24-25-12-17)13-23-21(19)22-10-16/h9-15,18H,4-8H2,1-3H3,(H,22,23)(H,24,25). The van der Waals surface area contributed by atoms with Gasteiger partial charge < -0.3 is 4.98 Å². The van der Waals surface area contributed by atoms with Crippen molar-refractivity contribution < 1.29 is 0 Å². The van der Waals surface area contributed by atoms with Crippen LogP contribution in [0.15, 0.2) is 30.9 Å². The summed E-state index contributed by atoms with van der Waals surface area (Å²) in [4.78, 5) is 10.6. The molecular weight excluding hydrogens is 322 g/mol. The summed E-state index contributed by atoms with van der Waals surface area (Å²) in [5.74, 6) is 0.626. The molecule has 138 valence electrons. The molecule has 0 spiro atoms. The van der Waals surface area contributed by atoms with Crippen LogP contribution in [0.1, 0.15) is 57.9 Å². The van der Waals surface area contributed by atoms with Crippen molar-refractivity contribution in [3.8, 4) is 11.1 Å². The second kappa shape index (κ2) is 7.23. The van der Waals surface area contributed by atoms with Crippen molar-refractivity contribution in [1.82, 2.24) is 25.1 Å². The van der Waals surface area contributed by atoms with Crippen LogP contribution in [0.3, 0.4) is 0 Å². The lowest BCUT2D eigenvalue weighted by atomic mass is 9.81. The maximum absolute atomic E-state index is 4.69. The first-order valence-electron chi connectivity index (χ1n) is 9.89. The molecule has 3 heterocycles. The molecule has 3 aromatic heterocycles. The number of H-pyrrole nitrogens is 2. The smallest absolute Gasteiger partial charge is 0.137 e. The molecule has 1 aliphatic rings. The lowest BCUT2D eigenvalue weighted by molar-refractivity contribution is 0.122. The number of hydrogen-bond donors (Lipinski definition) is 2. The van der Waals surface area contributed by atoms with E-state index in [1.165, 1.54) is 42.2 Å². The molecule has 26 heavy (non-hydrogen) atoms. The molecule has 0 saturated heterocycles. The highest BCUT2D eigenvalue weighted by molar-refractivity contribution is 5.93. The summed E-state index contributed by atoms with van der Waals surface area (Å²) in [5, 5.41) is 8.18. The van der Waals surface area contributed by atoms with Crippen molar-refractivity contribution in [3.05, 3.63) is 36.4 Å². The predicted molar refractivity (Wildman–Crippen MR) is 106 cm³/mol. The molecule has 5 heteroatoms. The topological polar surface area (TPSA) is 60.6 Å². The minimum Gasteiger partial charge on any atom is -0.346 e. The van der Waals surface area contributed by atoms with Crippen molar-refractivity contribution in [1.29, 1.82) is 0 Å². The zero-order valence-electron chi connectivity index (χ0n) is 16.0. The largest absolute Gasteiger partial charge is 0.346 e. The van der Waals surface area contributed by atoms with Crippen LogP contribution in [0.5, 0.6) is 0 Å². The minimum absolute atomic E-state index is 0.626. The minimum atomic E-state index is 0.626. The van der Waals surface area contributed by atoms with E-state index in [9.17, 15) is 0 Å². The van der Waals surface area contributed by atoms with E-state index in [0.717, 1.165) is 23.8 Å². The van der Waals surface area contributed by atoms with Crippen molar-refractivity contribution >= 4 is 11.0 Å². The first-order valence-corrected chi connectivity index (χ1v) is 9.89. The van der Waals surface area contributed by atoms with Crippen molar-refractivity contribution in [3.63, 3.8) is 0 Å². The molecule has 0 aliphatic heterocycles. The summed E-state index contributed by atoms with van der Waals surface area (Å²) in [7, 11) is 0. The maximum atomic E-state index is 4.69. The highest BCUT2D eigenvalue weighted by Gasteiger charge is 2.27. The number of nitrogens with zero attached hydrogens (tertiary/aromatic N) is 3. The van der Waals surface area contributed by atoms with Gasteiger partial charge in [-0.1, -0.05) is 6.92 Å². The fourth-order valence-corrected chi connectivity index (χ4v) is 4.67. The van der Waals surface area contributed by atoms with Gasteiger partial charge in [0.1, 0.15) is 5.65 Å². The first-order chi connectivity index (χ1) is 12.7. The number of aromatic amines is 2. The molecule has 4 rings (SSSR count). The van der Waals surface area contributed by atoms with Gasteiger partial charge in [-0.2, -0.15) is 5.10 Å². The van der Waals surface area contributed by atoms with Gasteiger partial charge in [0.05, 0.1) is 6.20 Å². The van der Waals surface area contributed by atoms with E-state index in [4.69, 9.17) is 0 Å². The molecule has 0 aromatic carbocycles. The number of nitrogens with one attached hydrogen (secondary N) is 2. The van der Waals surface area contributed by atoms with Gasteiger partial charge in [-0.15, -0.1) is 0 Å². The monoisotopic (exact) mass is 351 g/mol. The quantitative estimate of drug-likeness (QED) is 0.700. The maximum Gasteiger partial charge on any atom is 0.137 e. The number of pyridine rings is 1. The predicted octanol–water partition coefficient (Wildman–Crippen LogP) is 4.71. The molecule has 0 bridgehead atoms. The molecule has 1 saturated carbocycles. The Morgan fingerprint density at radius 2 is 1.96 bits per heavy atom. The van der Waals surface area contributed by atoms with Gasteiger partial charge in [-0.05, 0) is 63.6 Å². The van der Waals surface area contributed by atoms with Crippen molar-refractivity contribution in [2.75, 3.05) is 6.54 Å². The second-order valence-electron chi connectivity index (χ2n) is 7.78. The molecule has 1 fully saturated rings. The summed E-state index contributed by atoms with van der Waals surface area (Å²) in [5.41, 5.74) is 4.62. The van der Waals surface area contributed by atoms with E-state index in [-0.39, 0.29) is 0 Å². The van der Waals surface area contributed by atoms with Gasteiger partial charge in [-0.3, -0.25) is 10.00 Å². The van der Waals surface area contributed by atoms with E-state index in [1.807, 2.05) is 18.6 Å². The van der Waals surface area contributed by atoms with Crippen LogP contribution in [0.4, 0.5) is 0 Å². The Morgan fingerprint density at radius 3 is 2.62 bits per heavy atom. The average molecular weight is 351 g/mol. The Hall–Kier alpha value is -2.14. The van der Waals surface area contributed by atoms with E-state index in [1.54, 1.807) is 0 Å².